The van der Waals surface area contributed by atoms with Crippen molar-refractivity contribution in [3.8, 4) is 28.8 Å². The Labute approximate surface area is 220 Å². The Kier molecular flexibility index (Phi) is 6.22. The summed E-state index contributed by atoms with van der Waals surface area (Å²) in [6, 6.07) is 19.3. The molecule has 2 N–H and O–H groups in total. The smallest absolute Gasteiger partial charge is 0.264 e. The predicted octanol–water partition coefficient (Wildman–Crippen LogP) is 4.72. The Morgan fingerprint density at radius 2 is 1.84 bits per heavy atom. The number of anilines is 1. The molecule has 1 aliphatic heterocycles. The summed E-state index contributed by atoms with van der Waals surface area (Å²) in [6.45, 7) is 1.08. The highest BCUT2D eigenvalue weighted by Crippen LogP contribution is 2.34. The molecule has 0 bridgehead atoms. The van der Waals surface area contributed by atoms with E-state index in [0.717, 1.165) is 37.0 Å². The van der Waals surface area contributed by atoms with Crippen LogP contribution in [-0.2, 0) is 11.3 Å². The largest absolute Gasteiger partial charge is 0.457 e. The van der Waals surface area contributed by atoms with E-state index in [1.54, 1.807) is 0 Å². The second-order valence-electron chi connectivity index (χ2n) is 9.75. The highest BCUT2D eigenvalue weighted by molar-refractivity contribution is 5.99. The van der Waals surface area contributed by atoms with Gasteiger partial charge in [-0.15, -0.1) is 0 Å². The molecule has 1 amide bonds. The van der Waals surface area contributed by atoms with Gasteiger partial charge in [-0.25, -0.2) is 14.6 Å². The van der Waals surface area contributed by atoms with Gasteiger partial charge in [0.1, 0.15) is 41.0 Å². The SMILES string of the molecule is N#CC(=CC1CC1)C(=O)N1CCC[C@H]1Cn1nc(-c2ccc(Oc3ccccc3)cc2)c2c(N)ncnc21. The first-order chi connectivity index (χ1) is 18.6. The predicted molar refractivity (Wildman–Crippen MR) is 143 cm³/mol. The lowest BCUT2D eigenvalue weighted by Crippen LogP contribution is -2.39. The van der Waals surface area contributed by atoms with Gasteiger partial charge in [-0.05, 0) is 68.0 Å². The van der Waals surface area contributed by atoms with Crippen molar-refractivity contribution in [1.82, 2.24) is 24.6 Å². The fourth-order valence-electron chi connectivity index (χ4n) is 4.97. The summed E-state index contributed by atoms with van der Waals surface area (Å²) < 4.78 is 7.73. The Morgan fingerprint density at radius 1 is 1.08 bits per heavy atom. The molecular weight excluding hydrogens is 478 g/mol. The van der Waals surface area contributed by atoms with Crippen LogP contribution in [0, 0.1) is 17.2 Å². The fraction of sp³-hybridized carbons (Fsp3) is 0.276. The molecular formula is C29H27N7O2. The van der Waals surface area contributed by atoms with Gasteiger partial charge in [-0.1, -0.05) is 24.3 Å². The monoisotopic (exact) mass is 505 g/mol. The molecule has 0 spiro atoms. The van der Waals surface area contributed by atoms with E-state index in [1.807, 2.05) is 70.3 Å². The zero-order chi connectivity index (χ0) is 26.1. The van der Waals surface area contributed by atoms with Gasteiger partial charge in [0.25, 0.3) is 5.91 Å². The zero-order valence-corrected chi connectivity index (χ0v) is 20.8. The van der Waals surface area contributed by atoms with Crippen molar-refractivity contribution in [3.63, 3.8) is 0 Å². The molecule has 1 aliphatic carbocycles. The number of ether oxygens (including phenoxy) is 1. The second kappa shape index (κ2) is 9.98. The maximum atomic E-state index is 13.2. The van der Waals surface area contributed by atoms with Gasteiger partial charge in [0.05, 0.1) is 18.0 Å². The molecule has 6 rings (SSSR count). The van der Waals surface area contributed by atoms with Gasteiger partial charge in [-0.2, -0.15) is 10.4 Å². The van der Waals surface area contributed by atoms with E-state index >= 15 is 0 Å². The van der Waals surface area contributed by atoms with Crippen LogP contribution >= 0.6 is 0 Å². The summed E-state index contributed by atoms with van der Waals surface area (Å²) in [5.41, 5.74) is 8.69. The third-order valence-electron chi connectivity index (χ3n) is 7.06. The van der Waals surface area contributed by atoms with Crippen LogP contribution in [0.3, 0.4) is 0 Å². The molecule has 0 unspecified atom stereocenters. The summed E-state index contributed by atoms with van der Waals surface area (Å²) in [7, 11) is 0. The van der Waals surface area contributed by atoms with E-state index in [0.29, 0.717) is 47.3 Å². The molecule has 4 aromatic rings. The molecule has 1 atom stereocenters. The number of nitriles is 1. The van der Waals surface area contributed by atoms with Crippen LogP contribution in [0.1, 0.15) is 25.7 Å². The van der Waals surface area contributed by atoms with Crippen LogP contribution < -0.4 is 10.5 Å². The molecule has 38 heavy (non-hydrogen) atoms. The standard InChI is InChI=1S/C29H27N7O2/c30-16-21(15-19-8-9-19)29(37)35-14-4-5-22(35)17-36-28-25(27(31)32-18-33-28)26(34-36)20-10-12-24(13-11-20)38-23-6-2-1-3-7-23/h1-3,6-7,10-13,15,18-19,22H,4-5,8-9,14,17H2,(H2,31,32,33)/t22-/m0/s1. The van der Waals surface area contributed by atoms with Gasteiger partial charge in [0, 0.05) is 12.1 Å². The molecule has 2 aromatic carbocycles. The number of likely N-dealkylation sites (tertiary alicyclic amines) is 1. The maximum absolute atomic E-state index is 13.2. The number of carbonyl (C=O) groups excluding carboxylic acids is 1. The average Bonchev–Trinajstić information content (AvgIpc) is 3.52. The van der Waals surface area contributed by atoms with Crippen molar-refractivity contribution in [2.24, 2.45) is 5.92 Å². The Morgan fingerprint density at radius 3 is 2.58 bits per heavy atom. The Balaban J connectivity index is 1.29. The first-order valence-electron chi connectivity index (χ1n) is 12.8. The Hall–Kier alpha value is -4.71. The van der Waals surface area contributed by atoms with Gasteiger partial charge >= 0.3 is 0 Å². The number of aromatic nitrogens is 4. The van der Waals surface area contributed by atoms with Crippen LogP contribution in [0.15, 0.2) is 72.6 Å². The summed E-state index contributed by atoms with van der Waals surface area (Å²) in [4.78, 5) is 23.7. The molecule has 2 aromatic heterocycles. The molecule has 190 valence electrons. The number of hydrogen-bond acceptors (Lipinski definition) is 7. The van der Waals surface area contributed by atoms with E-state index < -0.39 is 0 Å². The molecule has 2 aliphatic rings. The highest BCUT2D eigenvalue weighted by atomic mass is 16.5. The number of para-hydroxylation sites is 1. The average molecular weight is 506 g/mol. The lowest BCUT2D eigenvalue weighted by Gasteiger charge is -2.24. The van der Waals surface area contributed by atoms with Crippen LogP contribution in [0.5, 0.6) is 11.5 Å². The molecule has 2 fully saturated rings. The number of nitrogens with two attached hydrogens (primary N) is 1. The van der Waals surface area contributed by atoms with Crippen LogP contribution in [0.2, 0.25) is 0 Å². The van der Waals surface area contributed by atoms with Crippen molar-refractivity contribution in [3.05, 3.63) is 72.6 Å². The summed E-state index contributed by atoms with van der Waals surface area (Å²) in [6.07, 6.45) is 7.06. The minimum Gasteiger partial charge on any atom is -0.457 e. The summed E-state index contributed by atoms with van der Waals surface area (Å²) >= 11 is 0. The van der Waals surface area contributed by atoms with E-state index in [9.17, 15) is 10.1 Å². The lowest BCUT2D eigenvalue weighted by molar-refractivity contribution is -0.127. The molecule has 9 heteroatoms. The third kappa shape index (κ3) is 4.68. The maximum Gasteiger partial charge on any atom is 0.264 e. The molecule has 3 heterocycles. The number of allylic oxidation sites excluding steroid dienone is 1. The summed E-state index contributed by atoms with van der Waals surface area (Å²) in [5, 5.41) is 15.2. The quantitative estimate of drug-likeness (QED) is 0.285. The van der Waals surface area contributed by atoms with Gasteiger partial charge in [-0.3, -0.25) is 4.79 Å². The van der Waals surface area contributed by atoms with Crippen molar-refractivity contribution < 1.29 is 9.53 Å². The molecule has 0 radical (unpaired) electrons. The number of carbonyl (C=O) groups is 1. The van der Waals surface area contributed by atoms with E-state index in [4.69, 9.17) is 15.6 Å². The first kappa shape index (κ1) is 23.7. The minimum atomic E-state index is -0.193. The normalized spacial score (nSPS) is 17.5. The second-order valence-corrected chi connectivity index (χ2v) is 9.75. The molecule has 1 saturated carbocycles. The lowest BCUT2D eigenvalue weighted by atomic mass is 10.1. The number of hydrogen-bond donors (Lipinski definition) is 1. The van der Waals surface area contributed by atoms with Crippen molar-refractivity contribution in [2.45, 2.75) is 38.3 Å². The Bertz CT molecular complexity index is 1550. The topological polar surface area (TPSA) is 123 Å². The van der Waals surface area contributed by atoms with Crippen molar-refractivity contribution in [2.75, 3.05) is 12.3 Å². The number of amides is 1. The molecule has 1 saturated heterocycles. The van der Waals surface area contributed by atoms with E-state index in [-0.39, 0.29) is 17.5 Å². The van der Waals surface area contributed by atoms with Gasteiger partial charge < -0.3 is 15.4 Å². The van der Waals surface area contributed by atoms with Crippen LogP contribution in [0.25, 0.3) is 22.3 Å². The number of fused-ring (bicyclic) bond motifs is 1. The van der Waals surface area contributed by atoms with E-state index in [2.05, 4.69) is 16.0 Å². The molecule has 9 nitrogen and oxygen atoms in total. The zero-order valence-electron chi connectivity index (χ0n) is 20.8. The fourth-order valence-corrected chi connectivity index (χ4v) is 4.97. The van der Waals surface area contributed by atoms with Crippen molar-refractivity contribution >= 4 is 22.8 Å². The minimum absolute atomic E-state index is 0.0905. The number of benzene rings is 2. The van der Waals surface area contributed by atoms with Crippen LogP contribution in [0.4, 0.5) is 5.82 Å². The number of nitrogen functional groups attached to an aromatic ring is 1. The first-order valence-corrected chi connectivity index (χ1v) is 12.8. The van der Waals surface area contributed by atoms with E-state index in [1.165, 1.54) is 6.33 Å². The highest BCUT2D eigenvalue weighted by Gasteiger charge is 2.33. The number of nitrogens with zero attached hydrogens (tertiary/aromatic N) is 6. The van der Waals surface area contributed by atoms with Crippen molar-refractivity contribution in [1.29, 1.82) is 5.26 Å². The summed E-state index contributed by atoms with van der Waals surface area (Å²) in [5.74, 6) is 1.98. The van der Waals surface area contributed by atoms with Gasteiger partial charge in [0.15, 0.2) is 5.65 Å². The van der Waals surface area contributed by atoms with Crippen LogP contribution in [-0.4, -0.2) is 43.1 Å². The number of rotatable bonds is 7. The third-order valence-corrected chi connectivity index (χ3v) is 7.06. The van der Waals surface area contributed by atoms with Gasteiger partial charge in [0.2, 0.25) is 0 Å².